The molecule has 170 valence electrons. The highest BCUT2D eigenvalue weighted by molar-refractivity contribution is 7.90. The van der Waals surface area contributed by atoms with E-state index in [0.29, 0.717) is 41.9 Å². The molecule has 0 saturated carbocycles. The van der Waals surface area contributed by atoms with Crippen LogP contribution >= 0.6 is 0 Å². The average Bonchev–Trinajstić information content (AvgIpc) is 2.77. The standard InChI is InChI=1S/C24H29N3O4S/c1-3-8-21(28)19-16-26-24-18(23(19)27-20-11-5-4-9-17(20)15-25)10-6-12-22(24)31-13-7-14-32(2,29)30/h4-6,9-12,16H,3,7-8,13-15,25H2,1-2H3,(H,26,27). The Labute approximate surface area is 188 Å². The third-order valence-electron chi connectivity index (χ3n) is 5.05. The van der Waals surface area contributed by atoms with E-state index < -0.39 is 9.84 Å². The number of ether oxygens (including phenoxy) is 1. The molecular weight excluding hydrogens is 426 g/mol. The van der Waals surface area contributed by atoms with Crippen molar-refractivity contribution in [3.05, 3.63) is 59.8 Å². The van der Waals surface area contributed by atoms with Crippen LogP contribution in [0.25, 0.3) is 10.9 Å². The largest absolute Gasteiger partial charge is 0.491 e. The second-order valence-corrected chi connectivity index (χ2v) is 9.95. The Hall–Kier alpha value is -2.97. The van der Waals surface area contributed by atoms with Gasteiger partial charge in [-0.05, 0) is 30.5 Å². The molecule has 0 atom stereocenters. The zero-order chi connectivity index (χ0) is 23.1. The Morgan fingerprint density at radius 1 is 1.16 bits per heavy atom. The average molecular weight is 456 g/mol. The van der Waals surface area contributed by atoms with Gasteiger partial charge in [-0.25, -0.2) is 8.42 Å². The molecule has 1 aromatic heterocycles. The Morgan fingerprint density at radius 2 is 1.94 bits per heavy atom. The van der Waals surface area contributed by atoms with Gasteiger partial charge in [-0.15, -0.1) is 0 Å². The molecule has 3 N–H and O–H groups in total. The number of carbonyl (C=O) groups excluding carboxylic acids is 1. The van der Waals surface area contributed by atoms with E-state index in [1.165, 1.54) is 6.26 Å². The molecule has 0 bridgehead atoms. The predicted octanol–water partition coefficient (Wildman–Crippen LogP) is 4.23. The van der Waals surface area contributed by atoms with Gasteiger partial charge < -0.3 is 15.8 Å². The van der Waals surface area contributed by atoms with Crippen LogP contribution in [0.5, 0.6) is 5.75 Å². The molecule has 0 aliphatic heterocycles. The minimum Gasteiger partial charge on any atom is -0.491 e. The van der Waals surface area contributed by atoms with Gasteiger partial charge in [-0.2, -0.15) is 0 Å². The highest BCUT2D eigenvalue weighted by Gasteiger charge is 2.18. The minimum absolute atomic E-state index is 0.00843. The van der Waals surface area contributed by atoms with E-state index in [1.54, 1.807) is 12.3 Å². The monoisotopic (exact) mass is 455 g/mol. The molecule has 2 aromatic carbocycles. The number of fused-ring (bicyclic) bond motifs is 1. The molecule has 0 aliphatic carbocycles. The lowest BCUT2D eigenvalue weighted by molar-refractivity contribution is 0.0982. The van der Waals surface area contributed by atoms with Crippen molar-refractivity contribution in [3.63, 3.8) is 0 Å². The van der Waals surface area contributed by atoms with E-state index in [9.17, 15) is 13.2 Å². The molecule has 3 rings (SSSR count). The summed E-state index contributed by atoms with van der Waals surface area (Å²) < 4.78 is 28.6. The Bertz CT molecular complexity index is 1210. The van der Waals surface area contributed by atoms with E-state index in [2.05, 4.69) is 10.3 Å². The smallest absolute Gasteiger partial charge is 0.166 e. The third kappa shape index (κ3) is 5.83. The lowest BCUT2D eigenvalue weighted by atomic mass is 10.0. The lowest BCUT2D eigenvalue weighted by Gasteiger charge is -2.17. The summed E-state index contributed by atoms with van der Waals surface area (Å²) in [6.07, 6.45) is 4.33. The van der Waals surface area contributed by atoms with E-state index in [1.807, 2.05) is 43.3 Å². The molecule has 32 heavy (non-hydrogen) atoms. The van der Waals surface area contributed by atoms with Gasteiger partial charge in [-0.3, -0.25) is 9.78 Å². The van der Waals surface area contributed by atoms with Crippen molar-refractivity contribution in [2.45, 2.75) is 32.7 Å². The topological polar surface area (TPSA) is 111 Å². The van der Waals surface area contributed by atoms with Crippen molar-refractivity contribution in [2.24, 2.45) is 5.73 Å². The maximum Gasteiger partial charge on any atom is 0.166 e. The summed E-state index contributed by atoms with van der Waals surface area (Å²) >= 11 is 0. The molecule has 0 amide bonds. The zero-order valence-electron chi connectivity index (χ0n) is 18.4. The van der Waals surface area contributed by atoms with Crippen molar-refractivity contribution < 1.29 is 17.9 Å². The molecule has 3 aromatic rings. The number of para-hydroxylation sites is 2. The number of hydrogen-bond donors (Lipinski definition) is 2. The Kier molecular flexibility index (Phi) is 7.82. The molecule has 8 heteroatoms. The van der Waals surface area contributed by atoms with E-state index in [4.69, 9.17) is 10.5 Å². The number of sulfone groups is 1. The van der Waals surface area contributed by atoms with Crippen molar-refractivity contribution in [3.8, 4) is 5.75 Å². The normalized spacial score (nSPS) is 11.5. The van der Waals surface area contributed by atoms with Gasteiger partial charge in [0.1, 0.15) is 21.1 Å². The summed E-state index contributed by atoms with van der Waals surface area (Å²) in [5.41, 5.74) is 9.44. The van der Waals surface area contributed by atoms with Crippen LogP contribution in [-0.4, -0.2) is 37.8 Å². The highest BCUT2D eigenvalue weighted by atomic mass is 32.2. The van der Waals surface area contributed by atoms with Crippen molar-refractivity contribution in [1.29, 1.82) is 0 Å². The second kappa shape index (κ2) is 10.6. The number of anilines is 2. The van der Waals surface area contributed by atoms with Gasteiger partial charge in [0, 0.05) is 36.5 Å². The number of ketones is 1. The predicted molar refractivity (Wildman–Crippen MR) is 128 cm³/mol. The lowest BCUT2D eigenvalue weighted by Crippen LogP contribution is -2.09. The van der Waals surface area contributed by atoms with Crippen LogP contribution in [0, 0.1) is 0 Å². The van der Waals surface area contributed by atoms with Gasteiger partial charge >= 0.3 is 0 Å². The SMILES string of the molecule is CCCC(=O)c1cnc2c(OCCCS(C)(=O)=O)cccc2c1Nc1ccccc1CN. The first-order chi connectivity index (χ1) is 15.3. The summed E-state index contributed by atoms with van der Waals surface area (Å²) in [7, 11) is -3.04. The fourth-order valence-corrected chi connectivity index (χ4v) is 4.12. The van der Waals surface area contributed by atoms with E-state index in [-0.39, 0.29) is 18.1 Å². The molecule has 0 radical (unpaired) electrons. The molecule has 0 spiro atoms. The number of hydrogen-bond acceptors (Lipinski definition) is 7. The summed E-state index contributed by atoms with van der Waals surface area (Å²) in [6.45, 7) is 2.58. The molecule has 0 fully saturated rings. The summed E-state index contributed by atoms with van der Waals surface area (Å²) in [5.74, 6) is 0.610. The number of carbonyl (C=O) groups is 1. The van der Waals surface area contributed by atoms with Crippen LogP contribution in [0.15, 0.2) is 48.7 Å². The van der Waals surface area contributed by atoms with Gasteiger partial charge in [0.2, 0.25) is 0 Å². The fraction of sp³-hybridized carbons (Fsp3) is 0.333. The number of rotatable bonds is 11. The molecular formula is C24H29N3O4S. The third-order valence-corrected chi connectivity index (χ3v) is 6.08. The Morgan fingerprint density at radius 3 is 2.66 bits per heavy atom. The molecule has 0 aliphatic rings. The van der Waals surface area contributed by atoms with Crippen LogP contribution in [0.3, 0.4) is 0 Å². The van der Waals surface area contributed by atoms with Gasteiger partial charge in [0.05, 0.1) is 23.6 Å². The molecule has 7 nitrogen and oxygen atoms in total. The van der Waals surface area contributed by atoms with Crippen LogP contribution in [-0.2, 0) is 16.4 Å². The molecule has 0 saturated heterocycles. The van der Waals surface area contributed by atoms with Gasteiger partial charge in [0.15, 0.2) is 5.78 Å². The Balaban J connectivity index is 2.03. The summed E-state index contributed by atoms with van der Waals surface area (Å²) in [4.78, 5) is 17.4. The number of nitrogens with zero attached hydrogens (tertiary/aromatic N) is 1. The quantitative estimate of drug-likeness (QED) is 0.329. The van der Waals surface area contributed by atoms with Crippen molar-refractivity contribution in [2.75, 3.05) is 23.9 Å². The minimum atomic E-state index is -3.04. The number of pyridine rings is 1. The second-order valence-electron chi connectivity index (χ2n) is 7.69. The number of Topliss-reactive ketones (excluding diaryl/α,β-unsaturated/α-hetero) is 1. The number of nitrogens with one attached hydrogen (secondary N) is 1. The number of nitrogens with two attached hydrogens (primary N) is 1. The van der Waals surface area contributed by atoms with Gasteiger partial charge in [-0.1, -0.05) is 37.3 Å². The first kappa shape index (κ1) is 23.7. The van der Waals surface area contributed by atoms with Gasteiger partial charge in [0.25, 0.3) is 0 Å². The molecule has 1 heterocycles. The number of benzene rings is 2. The van der Waals surface area contributed by atoms with Crippen LogP contribution in [0.1, 0.15) is 42.1 Å². The zero-order valence-corrected chi connectivity index (χ0v) is 19.2. The van der Waals surface area contributed by atoms with Crippen LogP contribution in [0.4, 0.5) is 11.4 Å². The van der Waals surface area contributed by atoms with Crippen molar-refractivity contribution in [1.82, 2.24) is 4.98 Å². The summed E-state index contributed by atoms with van der Waals surface area (Å²) in [5, 5.41) is 4.16. The van der Waals surface area contributed by atoms with Crippen LogP contribution < -0.4 is 15.8 Å². The van der Waals surface area contributed by atoms with Crippen LogP contribution in [0.2, 0.25) is 0 Å². The summed E-state index contributed by atoms with van der Waals surface area (Å²) in [6, 6.07) is 13.2. The number of aromatic nitrogens is 1. The maximum absolute atomic E-state index is 12.9. The molecule has 0 unspecified atom stereocenters. The van der Waals surface area contributed by atoms with Crippen molar-refractivity contribution >= 4 is 37.9 Å². The highest BCUT2D eigenvalue weighted by Crippen LogP contribution is 2.35. The fourth-order valence-electron chi connectivity index (χ4n) is 3.48. The maximum atomic E-state index is 12.9. The first-order valence-corrected chi connectivity index (χ1v) is 12.7. The first-order valence-electron chi connectivity index (χ1n) is 10.6. The van der Waals surface area contributed by atoms with E-state index >= 15 is 0 Å². The van der Waals surface area contributed by atoms with E-state index in [0.717, 1.165) is 23.1 Å².